The van der Waals surface area contributed by atoms with E-state index in [2.05, 4.69) is 9.72 Å². The molecule has 1 heterocycles. The summed E-state index contributed by atoms with van der Waals surface area (Å²) in [7, 11) is 1.36. The van der Waals surface area contributed by atoms with Gasteiger partial charge < -0.3 is 4.74 Å². The molecule has 0 N–H and O–H groups in total. The van der Waals surface area contributed by atoms with Crippen molar-refractivity contribution >= 4 is 17.3 Å². The number of carbonyl (C=O) groups is 1. The van der Waals surface area contributed by atoms with Gasteiger partial charge in [0.2, 0.25) is 0 Å². The van der Waals surface area contributed by atoms with Crippen molar-refractivity contribution in [2.45, 2.75) is 13.3 Å². The molecule has 0 saturated carbocycles. The van der Waals surface area contributed by atoms with E-state index in [1.54, 1.807) is 5.51 Å². The highest BCUT2D eigenvalue weighted by molar-refractivity contribution is 7.09. The average molecular weight is 171 g/mol. The van der Waals surface area contributed by atoms with Gasteiger partial charge in [-0.15, -0.1) is 11.3 Å². The summed E-state index contributed by atoms with van der Waals surface area (Å²) in [4.78, 5) is 15.9. The molecule has 1 aromatic heterocycles. The summed E-state index contributed by atoms with van der Waals surface area (Å²) in [5.41, 5.74) is 2.12. The van der Waals surface area contributed by atoms with Gasteiger partial charge in [-0.25, -0.2) is 9.78 Å². The second kappa shape index (κ2) is 3.48. The first-order valence-corrected chi connectivity index (χ1v) is 4.18. The van der Waals surface area contributed by atoms with E-state index in [9.17, 15) is 4.79 Å². The van der Waals surface area contributed by atoms with Crippen LogP contribution < -0.4 is 0 Å². The predicted molar refractivity (Wildman–Crippen MR) is 42.8 cm³/mol. The van der Waals surface area contributed by atoms with Gasteiger partial charge in [0.15, 0.2) is 5.69 Å². The lowest BCUT2D eigenvalue weighted by Crippen LogP contribution is -2.03. The Morgan fingerprint density at radius 3 is 3.09 bits per heavy atom. The van der Waals surface area contributed by atoms with Gasteiger partial charge in [-0.3, -0.25) is 0 Å². The number of carbonyl (C=O) groups excluding carboxylic acids is 1. The molecule has 1 rings (SSSR count). The summed E-state index contributed by atoms with van der Waals surface area (Å²) in [6.07, 6.45) is 0.828. The van der Waals surface area contributed by atoms with E-state index in [1.807, 2.05) is 6.92 Å². The van der Waals surface area contributed by atoms with E-state index >= 15 is 0 Å². The van der Waals surface area contributed by atoms with Crippen molar-refractivity contribution in [3.05, 3.63) is 16.1 Å². The molecule has 0 aliphatic carbocycles. The van der Waals surface area contributed by atoms with Crippen molar-refractivity contribution in [1.29, 1.82) is 0 Å². The van der Waals surface area contributed by atoms with Gasteiger partial charge in [0.25, 0.3) is 0 Å². The summed E-state index contributed by atoms with van der Waals surface area (Å²) < 4.78 is 4.54. The molecule has 0 radical (unpaired) electrons. The van der Waals surface area contributed by atoms with Gasteiger partial charge in [-0.2, -0.15) is 0 Å². The number of methoxy groups -OCH3 is 1. The summed E-state index contributed by atoms with van der Waals surface area (Å²) in [6.45, 7) is 1.99. The maximum atomic E-state index is 11.0. The van der Waals surface area contributed by atoms with Crippen LogP contribution in [0.25, 0.3) is 0 Å². The highest BCUT2D eigenvalue weighted by Crippen LogP contribution is 2.14. The number of thiazole rings is 1. The van der Waals surface area contributed by atoms with Crippen LogP contribution in [-0.2, 0) is 11.2 Å². The molecule has 11 heavy (non-hydrogen) atoms. The summed E-state index contributed by atoms with van der Waals surface area (Å²) in [6, 6.07) is 0. The Balaban J connectivity index is 2.92. The van der Waals surface area contributed by atoms with Crippen molar-refractivity contribution in [1.82, 2.24) is 4.98 Å². The topological polar surface area (TPSA) is 39.2 Å². The fourth-order valence-corrected chi connectivity index (χ4v) is 1.48. The van der Waals surface area contributed by atoms with Crippen LogP contribution in [0.15, 0.2) is 5.51 Å². The first kappa shape index (κ1) is 8.20. The molecule has 0 saturated heterocycles. The normalized spacial score (nSPS) is 9.64. The highest BCUT2D eigenvalue weighted by atomic mass is 32.1. The number of aryl methyl sites for hydroxylation is 1. The standard InChI is InChI=1S/C7H9NO2S/c1-3-5-6(7(9)10-2)8-4-11-5/h4H,3H2,1-2H3. The maximum Gasteiger partial charge on any atom is 0.357 e. The van der Waals surface area contributed by atoms with Crippen LogP contribution in [0.4, 0.5) is 0 Å². The highest BCUT2D eigenvalue weighted by Gasteiger charge is 2.12. The number of aromatic nitrogens is 1. The maximum absolute atomic E-state index is 11.0. The van der Waals surface area contributed by atoms with Crippen molar-refractivity contribution in [3.8, 4) is 0 Å². The molecule has 0 spiro atoms. The molecule has 4 heteroatoms. The number of hydrogen-bond acceptors (Lipinski definition) is 4. The smallest absolute Gasteiger partial charge is 0.357 e. The number of rotatable bonds is 2. The third-order valence-corrected chi connectivity index (χ3v) is 2.32. The number of ether oxygens (including phenoxy) is 1. The molecule has 0 aliphatic heterocycles. The van der Waals surface area contributed by atoms with Crippen molar-refractivity contribution in [3.63, 3.8) is 0 Å². The van der Waals surface area contributed by atoms with Crippen molar-refractivity contribution in [2.24, 2.45) is 0 Å². The average Bonchev–Trinajstić information content (AvgIpc) is 2.50. The lowest BCUT2D eigenvalue weighted by molar-refractivity contribution is 0.0594. The monoisotopic (exact) mass is 171 g/mol. The van der Waals surface area contributed by atoms with E-state index in [0.29, 0.717) is 5.69 Å². The molecule has 0 fully saturated rings. The Labute approximate surface area is 69.0 Å². The molecule has 0 unspecified atom stereocenters. The summed E-state index contributed by atoms with van der Waals surface area (Å²) in [5.74, 6) is -0.344. The number of nitrogens with zero attached hydrogens (tertiary/aromatic N) is 1. The van der Waals surface area contributed by atoms with Crippen LogP contribution in [0, 0.1) is 0 Å². The van der Waals surface area contributed by atoms with E-state index in [1.165, 1.54) is 18.4 Å². The quantitative estimate of drug-likeness (QED) is 0.633. The molecule has 0 atom stereocenters. The fourth-order valence-electron chi connectivity index (χ4n) is 0.784. The zero-order valence-electron chi connectivity index (χ0n) is 6.46. The molecular weight excluding hydrogens is 162 g/mol. The van der Waals surface area contributed by atoms with Gasteiger partial charge in [0.1, 0.15) is 0 Å². The number of esters is 1. The first-order chi connectivity index (χ1) is 5.29. The molecular formula is C7H9NO2S. The van der Waals surface area contributed by atoms with Crippen molar-refractivity contribution < 1.29 is 9.53 Å². The lowest BCUT2D eigenvalue weighted by atomic mass is 10.3. The van der Waals surface area contributed by atoms with E-state index < -0.39 is 0 Å². The van der Waals surface area contributed by atoms with Crippen LogP contribution >= 0.6 is 11.3 Å². The zero-order chi connectivity index (χ0) is 8.27. The molecule has 0 aliphatic rings. The molecule has 0 bridgehead atoms. The van der Waals surface area contributed by atoms with Gasteiger partial charge >= 0.3 is 5.97 Å². The Hall–Kier alpha value is -0.900. The van der Waals surface area contributed by atoms with Crippen LogP contribution in [0.5, 0.6) is 0 Å². The molecule has 3 nitrogen and oxygen atoms in total. The van der Waals surface area contributed by atoms with E-state index in [4.69, 9.17) is 0 Å². The van der Waals surface area contributed by atoms with Gasteiger partial charge in [0, 0.05) is 4.88 Å². The second-order valence-electron chi connectivity index (χ2n) is 1.97. The minimum atomic E-state index is -0.344. The van der Waals surface area contributed by atoms with E-state index in [-0.39, 0.29) is 5.97 Å². The van der Waals surface area contributed by atoms with Crippen LogP contribution in [-0.4, -0.2) is 18.1 Å². The van der Waals surface area contributed by atoms with E-state index in [0.717, 1.165) is 11.3 Å². The van der Waals surface area contributed by atoms with Gasteiger partial charge in [-0.1, -0.05) is 6.92 Å². The van der Waals surface area contributed by atoms with Gasteiger partial charge in [0.05, 0.1) is 12.6 Å². The van der Waals surface area contributed by atoms with Crippen LogP contribution in [0.3, 0.4) is 0 Å². The minimum Gasteiger partial charge on any atom is -0.464 e. The lowest BCUT2D eigenvalue weighted by Gasteiger charge is -1.95. The fraction of sp³-hybridized carbons (Fsp3) is 0.429. The molecule has 60 valence electrons. The Kier molecular flexibility index (Phi) is 2.59. The first-order valence-electron chi connectivity index (χ1n) is 3.30. The summed E-state index contributed by atoms with van der Waals surface area (Å²) >= 11 is 1.48. The predicted octanol–water partition coefficient (Wildman–Crippen LogP) is 1.49. The molecule has 0 aromatic carbocycles. The van der Waals surface area contributed by atoms with Crippen molar-refractivity contribution in [2.75, 3.05) is 7.11 Å². The minimum absolute atomic E-state index is 0.344. The third kappa shape index (κ3) is 1.57. The Bertz CT molecular complexity index is 257. The van der Waals surface area contributed by atoms with Crippen LogP contribution in [0.2, 0.25) is 0 Å². The second-order valence-corrected chi connectivity index (χ2v) is 2.91. The summed E-state index contributed by atoms with van der Waals surface area (Å²) in [5, 5.41) is 0. The molecule has 1 aromatic rings. The SMILES string of the molecule is CCc1scnc1C(=O)OC. The zero-order valence-corrected chi connectivity index (χ0v) is 7.27. The van der Waals surface area contributed by atoms with Crippen LogP contribution in [0.1, 0.15) is 22.3 Å². The Morgan fingerprint density at radius 2 is 2.55 bits per heavy atom. The molecule has 0 amide bonds. The third-order valence-electron chi connectivity index (χ3n) is 1.34. The van der Waals surface area contributed by atoms with Gasteiger partial charge in [-0.05, 0) is 6.42 Å². The largest absolute Gasteiger partial charge is 0.464 e. The number of hydrogen-bond donors (Lipinski definition) is 0. The Morgan fingerprint density at radius 1 is 1.82 bits per heavy atom.